The zero-order valence-electron chi connectivity index (χ0n) is 15.2. The van der Waals surface area contributed by atoms with Crippen LogP contribution in [0.5, 0.6) is 5.75 Å². The largest absolute Gasteiger partial charge is 0.493 e. The first-order valence-corrected chi connectivity index (χ1v) is 8.74. The standard InChI is InChI=1S/C21H24N2O3/c1-23(15-16-8-4-3-5-9-16)13-7-12-22-21(24)19-14-17-10-6-11-18(25-2)20(17)26-19/h3-6,8-11,14H,7,12-13,15H2,1-2H3,(H,22,24). The summed E-state index contributed by atoms with van der Waals surface area (Å²) in [5, 5.41) is 3.77. The van der Waals surface area contributed by atoms with E-state index in [1.165, 1.54) is 5.56 Å². The highest BCUT2D eigenvalue weighted by molar-refractivity contribution is 5.97. The van der Waals surface area contributed by atoms with Crippen molar-refractivity contribution in [3.05, 3.63) is 65.9 Å². The van der Waals surface area contributed by atoms with Crippen molar-refractivity contribution in [1.82, 2.24) is 10.2 Å². The average molecular weight is 352 g/mol. The van der Waals surface area contributed by atoms with E-state index in [0.29, 0.717) is 23.6 Å². The van der Waals surface area contributed by atoms with Crippen molar-refractivity contribution in [2.24, 2.45) is 0 Å². The van der Waals surface area contributed by atoms with Gasteiger partial charge in [-0.2, -0.15) is 0 Å². The Morgan fingerprint density at radius 3 is 2.73 bits per heavy atom. The van der Waals surface area contributed by atoms with E-state index in [-0.39, 0.29) is 5.91 Å². The average Bonchev–Trinajstić information content (AvgIpc) is 3.10. The lowest BCUT2D eigenvalue weighted by Crippen LogP contribution is -2.27. The molecule has 0 atom stereocenters. The van der Waals surface area contributed by atoms with Gasteiger partial charge in [-0.05, 0) is 37.7 Å². The second-order valence-electron chi connectivity index (χ2n) is 6.32. The van der Waals surface area contributed by atoms with Crippen LogP contribution in [-0.4, -0.2) is 38.1 Å². The Balaban J connectivity index is 1.47. The van der Waals surface area contributed by atoms with Crippen LogP contribution in [-0.2, 0) is 6.54 Å². The number of amides is 1. The Bertz CT molecular complexity index is 858. The highest BCUT2D eigenvalue weighted by Gasteiger charge is 2.14. The van der Waals surface area contributed by atoms with Gasteiger partial charge in [0.05, 0.1) is 7.11 Å². The Kier molecular flexibility index (Phi) is 5.92. The number of nitrogens with one attached hydrogen (secondary N) is 1. The highest BCUT2D eigenvalue weighted by atomic mass is 16.5. The molecule has 0 aliphatic heterocycles. The molecule has 0 saturated heterocycles. The molecule has 5 nitrogen and oxygen atoms in total. The lowest BCUT2D eigenvalue weighted by atomic mass is 10.2. The number of benzene rings is 2. The number of hydrogen-bond acceptors (Lipinski definition) is 4. The van der Waals surface area contributed by atoms with E-state index in [0.717, 1.165) is 24.9 Å². The Labute approximate surface area is 153 Å². The van der Waals surface area contributed by atoms with Gasteiger partial charge in [0.15, 0.2) is 17.1 Å². The summed E-state index contributed by atoms with van der Waals surface area (Å²) in [6.45, 7) is 2.41. The van der Waals surface area contributed by atoms with E-state index >= 15 is 0 Å². The zero-order chi connectivity index (χ0) is 18.4. The fourth-order valence-electron chi connectivity index (χ4n) is 2.92. The van der Waals surface area contributed by atoms with Crippen molar-refractivity contribution >= 4 is 16.9 Å². The maximum absolute atomic E-state index is 12.3. The minimum atomic E-state index is -0.200. The van der Waals surface area contributed by atoms with Crippen LogP contribution in [0.2, 0.25) is 0 Å². The van der Waals surface area contributed by atoms with E-state index in [1.807, 2.05) is 36.4 Å². The fourth-order valence-corrected chi connectivity index (χ4v) is 2.92. The molecule has 1 amide bonds. The number of para-hydroxylation sites is 1. The topological polar surface area (TPSA) is 54.7 Å². The Hall–Kier alpha value is -2.79. The van der Waals surface area contributed by atoms with Gasteiger partial charge in [0.25, 0.3) is 5.91 Å². The minimum Gasteiger partial charge on any atom is -0.493 e. The molecule has 136 valence electrons. The summed E-state index contributed by atoms with van der Waals surface area (Å²) in [7, 11) is 3.67. The lowest BCUT2D eigenvalue weighted by molar-refractivity contribution is 0.0926. The van der Waals surface area contributed by atoms with Gasteiger partial charge in [0.2, 0.25) is 0 Å². The molecule has 0 saturated carbocycles. The van der Waals surface area contributed by atoms with E-state index in [2.05, 4.69) is 29.4 Å². The van der Waals surface area contributed by atoms with Crippen LogP contribution in [0.15, 0.2) is 59.0 Å². The highest BCUT2D eigenvalue weighted by Crippen LogP contribution is 2.28. The van der Waals surface area contributed by atoms with Crippen LogP contribution >= 0.6 is 0 Å². The smallest absolute Gasteiger partial charge is 0.287 e. The second kappa shape index (κ2) is 8.54. The quantitative estimate of drug-likeness (QED) is 0.628. The van der Waals surface area contributed by atoms with Gasteiger partial charge in [-0.25, -0.2) is 0 Å². The summed E-state index contributed by atoms with van der Waals surface area (Å²) in [5.41, 5.74) is 1.89. The van der Waals surface area contributed by atoms with E-state index in [4.69, 9.17) is 9.15 Å². The summed E-state index contributed by atoms with van der Waals surface area (Å²) in [4.78, 5) is 14.5. The number of carbonyl (C=O) groups is 1. The van der Waals surface area contributed by atoms with Crippen LogP contribution in [0.25, 0.3) is 11.0 Å². The van der Waals surface area contributed by atoms with Gasteiger partial charge < -0.3 is 19.4 Å². The maximum Gasteiger partial charge on any atom is 0.287 e. The molecule has 26 heavy (non-hydrogen) atoms. The number of methoxy groups -OCH3 is 1. The molecule has 3 rings (SSSR count). The zero-order valence-corrected chi connectivity index (χ0v) is 15.2. The van der Waals surface area contributed by atoms with Gasteiger partial charge in [0.1, 0.15) is 0 Å². The first-order chi connectivity index (χ1) is 12.7. The van der Waals surface area contributed by atoms with Gasteiger partial charge in [-0.15, -0.1) is 0 Å². The first-order valence-electron chi connectivity index (χ1n) is 8.74. The Morgan fingerprint density at radius 1 is 1.15 bits per heavy atom. The van der Waals surface area contributed by atoms with E-state index < -0.39 is 0 Å². The second-order valence-corrected chi connectivity index (χ2v) is 6.32. The third-order valence-electron chi connectivity index (χ3n) is 4.25. The molecule has 1 aromatic heterocycles. The molecule has 0 bridgehead atoms. The molecule has 5 heteroatoms. The van der Waals surface area contributed by atoms with Crippen molar-refractivity contribution in [1.29, 1.82) is 0 Å². The van der Waals surface area contributed by atoms with Crippen LogP contribution in [0.4, 0.5) is 0 Å². The number of furan rings is 1. The van der Waals surface area contributed by atoms with Crippen LogP contribution in [0.3, 0.4) is 0 Å². The van der Waals surface area contributed by atoms with Crippen molar-refractivity contribution < 1.29 is 13.9 Å². The summed E-state index contributed by atoms with van der Waals surface area (Å²) in [6.07, 6.45) is 0.874. The molecule has 3 aromatic rings. The summed E-state index contributed by atoms with van der Waals surface area (Å²) in [5.74, 6) is 0.736. The van der Waals surface area contributed by atoms with Gasteiger partial charge in [-0.1, -0.05) is 42.5 Å². The summed E-state index contributed by atoms with van der Waals surface area (Å²) in [6, 6.07) is 17.7. The summed E-state index contributed by atoms with van der Waals surface area (Å²) < 4.78 is 10.9. The molecule has 0 aliphatic rings. The van der Waals surface area contributed by atoms with E-state index in [9.17, 15) is 4.79 Å². The van der Waals surface area contributed by atoms with Crippen LogP contribution < -0.4 is 10.1 Å². The predicted molar refractivity (Wildman–Crippen MR) is 102 cm³/mol. The third-order valence-corrected chi connectivity index (χ3v) is 4.25. The fraction of sp³-hybridized carbons (Fsp3) is 0.286. The van der Waals surface area contributed by atoms with Crippen molar-refractivity contribution in [2.45, 2.75) is 13.0 Å². The number of fused-ring (bicyclic) bond motifs is 1. The minimum absolute atomic E-state index is 0.200. The lowest BCUT2D eigenvalue weighted by Gasteiger charge is -2.16. The number of hydrogen-bond donors (Lipinski definition) is 1. The normalized spacial score (nSPS) is 11.0. The van der Waals surface area contributed by atoms with Crippen molar-refractivity contribution in [3.8, 4) is 5.75 Å². The number of rotatable bonds is 8. The molecule has 0 radical (unpaired) electrons. The molecular weight excluding hydrogens is 328 g/mol. The number of nitrogens with zero attached hydrogens (tertiary/aromatic N) is 1. The van der Waals surface area contributed by atoms with Crippen LogP contribution in [0.1, 0.15) is 22.5 Å². The first kappa shape index (κ1) is 18.0. The summed E-state index contributed by atoms with van der Waals surface area (Å²) >= 11 is 0. The molecule has 0 spiro atoms. The molecule has 2 aromatic carbocycles. The molecule has 0 unspecified atom stereocenters. The number of ether oxygens (including phenoxy) is 1. The van der Waals surface area contributed by atoms with Gasteiger partial charge in [0, 0.05) is 18.5 Å². The SMILES string of the molecule is COc1cccc2cc(C(=O)NCCCN(C)Cc3ccccc3)oc12. The molecule has 1 heterocycles. The van der Waals surface area contributed by atoms with E-state index in [1.54, 1.807) is 13.2 Å². The van der Waals surface area contributed by atoms with Gasteiger partial charge >= 0.3 is 0 Å². The monoisotopic (exact) mass is 352 g/mol. The van der Waals surface area contributed by atoms with Crippen molar-refractivity contribution in [2.75, 3.05) is 27.2 Å². The maximum atomic E-state index is 12.3. The van der Waals surface area contributed by atoms with Gasteiger partial charge in [-0.3, -0.25) is 4.79 Å². The molecule has 0 fully saturated rings. The third kappa shape index (κ3) is 4.43. The molecular formula is C21H24N2O3. The Morgan fingerprint density at radius 2 is 1.96 bits per heavy atom. The van der Waals surface area contributed by atoms with Crippen molar-refractivity contribution in [3.63, 3.8) is 0 Å². The molecule has 0 aliphatic carbocycles. The number of carbonyl (C=O) groups excluding carboxylic acids is 1. The molecule has 1 N–H and O–H groups in total. The van der Waals surface area contributed by atoms with Crippen LogP contribution in [0, 0.1) is 0 Å². The predicted octanol–water partition coefficient (Wildman–Crippen LogP) is 3.69.